The van der Waals surface area contributed by atoms with Gasteiger partial charge in [0.25, 0.3) is 5.91 Å². The van der Waals surface area contributed by atoms with E-state index in [1.54, 1.807) is 20.2 Å². The number of anilines is 4. The maximum Gasteiger partial charge on any atom is 0.351 e. The summed E-state index contributed by atoms with van der Waals surface area (Å²) in [5.74, 6) is -0.335. The minimum Gasteiger partial charge on any atom is -0.362 e. The third-order valence-electron chi connectivity index (χ3n) is 5.46. The number of fused-ring (bicyclic) bond motifs is 3. The van der Waals surface area contributed by atoms with E-state index in [4.69, 9.17) is 4.11 Å². The highest BCUT2D eigenvalue weighted by Crippen LogP contribution is 2.37. The summed E-state index contributed by atoms with van der Waals surface area (Å²) >= 11 is 0. The predicted octanol–water partition coefficient (Wildman–Crippen LogP) is 0.157. The summed E-state index contributed by atoms with van der Waals surface area (Å²) in [5.41, 5.74) is 0.446. The fourth-order valence-electron chi connectivity index (χ4n) is 3.70. The molecule has 2 aliphatic rings. The Labute approximate surface area is 192 Å². The summed E-state index contributed by atoms with van der Waals surface area (Å²) in [7, 11) is 3.34. The molecule has 0 radical (unpaired) electrons. The maximum atomic E-state index is 12.7. The molecule has 4 heterocycles. The van der Waals surface area contributed by atoms with E-state index in [0.29, 0.717) is 29.6 Å². The predicted molar refractivity (Wildman–Crippen MR) is 119 cm³/mol. The quantitative estimate of drug-likeness (QED) is 0.490. The van der Waals surface area contributed by atoms with Gasteiger partial charge in [0.1, 0.15) is 5.69 Å². The third kappa shape index (κ3) is 3.56. The minimum absolute atomic E-state index is 0.0883. The number of pyridine rings is 1. The van der Waals surface area contributed by atoms with Gasteiger partial charge in [-0.25, -0.2) is 19.0 Å². The Bertz CT molecular complexity index is 1440. The van der Waals surface area contributed by atoms with Crippen molar-refractivity contribution in [1.82, 2.24) is 34.8 Å². The van der Waals surface area contributed by atoms with Crippen LogP contribution in [0, 0.1) is 5.92 Å². The first kappa shape index (κ1) is 17.3. The van der Waals surface area contributed by atoms with Crippen molar-refractivity contribution in [2.75, 3.05) is 29.6 Å². The molecule has 3 N–H and O–H groups in total. The van der Waals surface area contributed by atoms with E-state index in [9.17, 15) is 14.4 Å². The number of aryl methyl sites for hydroxylation is 1. The lowest BCUT2D eigenvalue weighted by Gasteiger charge is -2.28. The summed E-state index contributed by atoms with van der Waals surface area (Å²) in [6.07, 6.45) is 3.05. The van der Waals surface area contributed by atoms with Crippen LogP contribution in [0.15, 0.2) is 23.1 Å². The Hall–Kier alpha value is -4.29. The molecule has 0 unspecified atom stereocenters. The van der Waals surface area contributed by atoms with Crippen molar-refractivity contribution in [3.05, 3.63) is 40.3 Å². The van der Waals surface area contributed by atoms with Gasteiger partial charge in [0.15, 0.2) is 23.2 Å². The molecule has 13 nitrogen and oxygen atoms in total. The lowest BCUT2D eigenvalue weighted by atomic mass is 10.2. The van der Waals surface area contributed by atoms with E-state index in [1.807, 2.05) is 10.2 Å². The highest BCUT2D eigenvalue weighted by molar-refractivity contribution is 6.00. The molecule has 3 aromatic heterocycles. The van der Waals surface area contributed by atoms with Crippen molar-refractivity contribution in [2.45, 2.75) is 19.4 Å². The van der Waals surface area contributed by atoms with Crippen LogP contribution in [-0.4, -0.2) is 55.4 Å². The summed E-state index contributed by atoms with van der Waals surface area (Å²) in [6.45, 7) is -2.43. The van der Waals surface area contributed by atoms with Gasteiger partial charge in [0.2, 0.25) is 5.91 Å². The van der Waals surface area contributed by atoms with Gasteiger partial charge in [0.05, 0.1) is 17.9 Å². The number of nitrogens with zero attached hydrogens (tertiary/aromatic N) is 7. The van der Waals surface area contributed by atoms with Gasteiger partial charge in [-0.2, -0.15) is 5.10 Å². The topological polar surface area (TPSA) is 152 Å². The van der Waals surface area contributed by atoms with Crippen LogP contribution in [0.4, 0.5) is 22.9 Å². The molecule has 33 heavy (non-hydrogen) atoms. The molecule has 1 aliphatic heterocycles. The van der Waals surface area contributed by atoms with Gasteiger partial charge in [-0.3, -0.25) is 9.59 Å². The van der Waals surface area contributed by atoms with Crippen LogP contribution >= 0.6 is 0 Å². The number of carbonyl (C=O) groups is 2. The number of nitrogens with one attached hydrogen (secondary N) is 3. The SMILES string of the molecule is [2H]C([2H])([2H])NC(=O)c1nnc(NC(=O)C2CC2)cc1Nc1ccnc2c1N(C)Cc1nn(C)c(=O)n1-2. The standard InChI is InChI=1S/C20H22N10O3/c1-21-19(32)15-12(8-13(25-26-15)24-18(31)10-4-5-10)23-11-6-7-22-17-16(11)28(2)9-14-27-29(3)20(33)30(14)17/h6-8,10H,4-5,9H2,1-3H3,(H,21,32)(H2,22,23,24,25,31)/i1D3. The van der Waals surface area contributed by atoms with Gasteiger partial charge in [-0.05, 0) is 18.9 Å². The third-order valence-corrected chi connectivity index (χ3v) is 5.46. The second-order valence-electron chi connectivity index (χ2n) is 7.88. The van der Waals surface area contributed by atoms with Crippen molar-refractivity contribution in [3.8, 4) is 5.82 Å². The molecule has 3 aromatic rings. The summed E-state index contributed by atoms with van der Waals surface area (Å²) < 4.78 is 24.7. The average Bonchev–Trinajstić information content (AvgIpc) is 3.59. The molecule has 0 bridgehead atoms. The van der Waals surface area contributed by atoms with Crippen LogP contribution in [0.2, 0.25) is 0 Å². The van der Waals surface area contributed by atoms with Crippen molar-refractivity contribution < 1.29 is 13.7 Å². The van der Waals surface area contributed by atoms with E-state index in [1.165, 1.54) is 21.5 Å². The molecule has 5 rings (SSSR count). The van der Waals surface area contributed by atoms with Crippen molar-refractivity contribution in [2.24, 2.45) is 13.0 Å². The molecular weight excluding hydrogens is 428 g/mol. The van der Waals surface area contributed by atoms with Crippen LogP contribution in [0.1, 0.15) is 33.3 Å². The number of hydrogen-bond acceptors (Lipinski definition) is 9. The maximum absolute atomic E-state index is 12.7. The zero-order chi connectivity index (χ0) is 25.8. The Morgan fingerprint density at radius 3 is 2.79 bits per heavy atom. The van der Waals surface area contributed by atoms with E-state index in [-0.39, 0.29) is 34.7 Å². The number of rotatable bonds is 5. The molecule has 2 amide bonds. The van der Waals surface area contributed by atoms with Crippen molar-refractivity contribution in [3.63, 3.8) is 0 Å². The monoisotopic (exact) mass is 453 g/mol. The number of amides is 2. The Morgan fingerprint density at radius 2 is 2.03 bits per heavy atom. The van der Waals surface area contributed by atoms with Gasteiger partial charge in [-0.15, -0.1) is 10.2 Å². The Kier molecular flexibility index (Phi) is 4.03. The number of carbonyl (C=O) groups excluding carboxylic acids is 2. The van der Waals surface area contributed by atoms with Gasteiger partial charge in [0, 0.05) is 43.4 Å². The first-order chi connectivity index (χ1) is 17.0. The highest BCUT2D eigenvalue weighted by Gasteiger charge is 2.31. The molecule has 1 fully saturated rings. The second-order valence-corrected chi connectivity index (χ2v) is 7.88. The fourth-order valence-corrected chi connectivity index (χ4v) is 3.70. The smallest absolute Gasteiger partial charge is 0.351 e. The van der Waals surface area contributed by atoms with Crippen LogP contribution in [0.3, 0.4) is 0 Å². The minimum atomic E-state index is -2.75. The van der Waals surface area contributed by atoms with Crippen molar-refractivity contribution >= 4 is 34.7 Å². The van der Waals surface area contributed by atoms with E-state index >= 15 is 0 Å². The normalized spacial score (nSPS) is 16.1. The van der Waals surface area contributed by atoms with Crippen LogP contribution < -0.4 is 26.5 Å². The number of aromatic nitrogens is 6. The van der Waals surface area contributed by atoms with E-state index in [0.717, 1.165) is 12.8 Å². The largest absolute Gasteiger partial charge is 0.362 e. The average molecular weight is 453 g/mol. The molecule has 13 heteroatoms. The molecule has 0 aromatic carbocycles. The van der Waals surface area contributed by atoms with Gasteiger partial charge in [-0.1, -0.05) is 0 Å². The summed E-state index contributed by atoms with van der Waals surface area (Å²) in [6, 6.07) is 3.04. The molecule has 0 saturated heterocycles. The van der Waals surface area contributed by atoms with Crippen molar-refractivity contribution in [1.29, 1.82) is 0 Å². The molecule has 0 spiro atoms. The number of hydrogen-bond donors (Lipinski definition) is 3. The Morgan fingerprint density at radius 1 is 1.21 bits per heavy atom. The first-order valence-corrected chi connectivity index (χ1v) is 10.2. The lowest BCUT2D eigenvalue weighted by Crippen LogP contribution is -2.32. The first-order valence-electron chi connectivity index (χ1n) is 11.7. The van der Waals surface area contributed by atoms with Crippen LogP contribution in [0.25, 0.3) is 5.82 Å². The molecule has 1 saturated carbocycles. The van der Waals surface area contributed by atoms with E-state index in [2.05, 4.69) is 30.9 Å². The zero-order valence-corrected chi connectivity index (χ0v) is 17.8. The summed E-state index contributed by atoms with van der Waals surface area (Å²) in [4.78, 5) is 43.8. The molecule has 1 aliphatic carbocycles. The van der Waals surface area contributed by atoms with Gasteiger partial charge < -0.3 is 20.9 Å². The Balaban J connectivity index is 1.57. The highest BCUT2D eigenvalue weighted by atomic mass is 16.2. The lowest BCUT2D eigenvalue weighted by molar-refractivity contribution is -0.117. The summed E-state index contributed by atoms with van der Waals surface area (Å²) in [5, 5.41) is 19.7. The van der Waals surface area contributed by atoms with Crippen LogP contribution in [0.5, 0.6) is 0 Å². The fraction of sp³-hybridized carbons (Fsp3) is 0.350. The molecular formula is C20H22N10O3. The molecule has 170 valence electrons. The van der Waals surface area contributed by atoms with Gasteiger partial charge >= 0.3 is 5.69 Å². The second kappa shape index (κ2) is 7.69. The van der Waals surface area contributed by atoms with E-state index < -0.39 is 12.9 Å². The van der Waals surface area contributed by atoms with Crippen LogP contribution in [-0.2, 0) is 18.4 Å². The zero-order valence-electron chi connectivity index (χ0n) is 20.8. The molecule has 0 atom stereocenters.